The summed E-state index contributed by atoms with van der Waals surface area (Å²) >= 11 is 7.58. The number of para-hydroxylation sites is 1. The number of thioether (sulfide) groups is 1. The lowest BCUT2D eigenvalue weighted by Gasteiger charge is -2.34. The van der Waals surface area contributed by atoms with Crippen molar-refractivity contribution >= 4 is 29.3 Å². The lowest BCUT2D eigenvalue weighted by molar-refractivity contribution is -0.120. The molecule has 3 atom stereocenters. The van der Waals surface area contributed by atoms with Crippen LogP contribution in [0.3, 0.4) is 0 Å². The highest BCUT2D eigenvalue weighted by atomic mass is 35.5. The Morgan fingerprint density at radius 2 is 1.91 bits per heavy atom. The van der Waals surface area contributed by atoms with Crippen LogP contribution >= 0.6 is 23.4 Å². The van der Waals surface area contributed by atoms with E-state index in [1.807, 2.05) is 42.6 Å². The van der Waals surface area contributed by atoms with Crippen LogP contribution in [0.4, 0.5) is 0 Å². The van der Waals surface area contributed by atoms with Gasteiger partial charge in [-0.2, -0.15) is 0 Å². The molecule has 0 bridgehead atoms. The molecule has 0 aliphatic heterocycles. The maximum atomic E-state index is 12.8. The number of halogens is 1. The van der Waals surface area contributed by atoms with Crippen molar-refractivity contribution in [3.8, 4) is 16.9 Å². The number of carbonyl (C=O) groups is 1. The zero-order valence-corrected chi connectivity index (χ0v) is 20.4. The van der Waals surface area contributed by atoms with Gasteiger partial charge in [-0.1, -0.05) is 80.4 Å². The van der Waals surface area contributed by atoms with Crippen LogP contribution in [0.1, 0.15) is 38.7 Å². The molecule has 32 heavy (non-hydrogen) atoms. The Morgan fingerprint density at radius 1 is 1.16 bits per heavy atom. The molecule has 1 saturated carbocycles. The highest BCUT2D eigenvalue weighted by Crippen LogP contribution is 2.32. The third kappa shape index (κ3) is 5.05. The van der Waals surface area contributed by atoms with Gasteiger partial charge in [-0.25, -0.2) is 4.98 Å². The minimum absolute atomic E-state index is 0.0772. The number of hydrogen-bond donors (Lipinski definition) is 1. The Bertz CT molecular complexity index is 1080. The Balaban J connectivity index is 1.57. The van der Waals surface area contributed by atoms with Gasteiger partial charge in [0.25, 0.3) is 0 Å². The van der Waals surface area contributed by atoms with Gasteiger partial charge in [-0.15, -0.1) is 0 Å². The molecule has 6 heteroatoms. The smallest absolute Gasteiger partial charge is 0.230 e. The average molecular weight is 468 g/mol. The number of imidazole rings is 1. The maximum Gasteiger partial charge on any atom is 0.230 e. The second kappa shape index (κ2) is 10.1. The van der Waals surface area contributed by atoms with Crippen LogP contribution in [0.25, 0.3) is 16.9 Å². The Labute approximate surface area is 199 Å². The van der Waals surface area contributed by atoms with Gasteiger partial charge in [-0.05, 0) is 48.9 Å². The SMILES string of the molecule is Cc1ccccc1-n1c(-c2ccc(Cl)cc2)cnc1SCC(=O)N[C@@H]1CCC[C@@H](C)[C@@H]1C. The molecular formula is C26H30ClN3OS. The third-order valence-electron chi connectivity index (χ3n) is 6.61. The predicted molar refractivity (Wildman–Crippen MR) is 134 cm³/mol. The average Bonchev–Trinajstić information content (AvgIpc) is 3.20. The second-order valence-electron chi connectivity index (χ2n) is 8.78. The number of nitrogens with one attached hydrogen (secondary N) is 1. The fraction of sp³-hybridized carbons (Fsp3) is 0.385. The van der Waals surface area contributed by atoms with E-state index in [1.54, 1.807) is 0 Å². The number of amides is 1. The number of rotatable bonds is 6. The molecule has 1 aliphatic carbocycles. The summed E-state index contributed by atoms with van der Waals surface area (Å²) < 4.78 is 2.14. The monoisotopic (exact) mass is 467 g/mol. The predicted octanol–water partition coefficient (Wildman–Crippen LogP) is 6.53. The summed E-state index contributed by atoms with van der Waals surface area (Å²) in [6, 6.07) is 16.3. The summed E-state index contributed by atoms with van der Waals surface area (Å²) in [5, 5.41) is 4.78. The lowest BCUT2D eigenvalue weighted by Crippen LogP contribution is -2.44. The number of carbonyl (C=O) groups excluding carboxylic acids is 1. The minimum atomic E-state index is 0.0772. The molecule has 1 heterocycles. The summed E-state index contributed by atoms with van der Waals surface area (Å²) in [5.74, 6) is 1.60. The molecular weight excluding hydrogens is 438 g/mol. The highest BCUT2D eigenvalue weighted by molar-refractivity contribution is 7.99. The quantitative estimate of drug-likeness (QED) is 0.419. The fourth-order valence-corrected chi connectivity index (χ4v) is 5.39. The normalized spacial score (nSPS) is 20.8. The summed E-state index contributed by atoms with van der Waals surface area (Å²) in [7, 11) is 0. The molecule has 1 amide bonds. The summed E-state index contributed by atoms with van der Waals surface area (Å²) in [5.41, 5.74) is 4.23. The zero-order chi connectivity index (χ0) is 22.7. The Hall–Kier alpha value is -2.24. The maximum absolute atomic E-state index is 12.8. The van der Waals surface area contributed by atoms with Crippen molar-refractivity contribution in [1.82, 2.24) is 14.9 Å². The van der Waals surface area contributed by atoms with E-state index in [0.717, 1.165) is 34.1 Å². The number of aromatic nitrogens is 2. The topological polar surface area (TPSA) is 46.9 Å². The lowest BCUT2D eigenvalue weighted by atomic mass is 9.78. The summed E-state index contributed by atoms with van der Waals surface area (Å²) in [4.78, 5) is 17.5. The Morgan fingerprint density at radius 3 is 2.66 bits per heavy atom. The van der Waals surface area contributed by atoms with Crippen molar-refractivity contribution in [3.63, 3.8) is 0 Å². The number of hydrogen-bond acceptors (Lipinski definition) is 3. The van der Waals surface area contributed by atoms with Gasteiger partial charge < -0.3 is 5.32 Å². The van der Waals surface area contributed by atoms with Gasteiger partial charge in [0.1, 0.15) is 0 Å². The first-order chi connectivity index (χ1) is 15.4. The third-order valence-corrected chi connectivity index (χ3v) is 7.82. The molecule has 1 aromatic heterocycles. The van der Waals surface area contributed by atoms with E-state index in [4.69, 9.17) is 16.6 Å². The van der Waals surface area contributed by atoms with Crippen molar-refractivity contribution in [2.24, 2.45) is 11.8 Å². The van der Waals surface area contributed by atoms with Crippen LogP contribution in [0.15, 0.2) is 59.9 Å². The van der Waals surface area contributed by atoms with Crippen LogP contribution in [-0.2, 0) is 4.79 Å². The van der Waals surface area contributed by atoms with Gasteiger partial charge in [0.15, 0.2) is 5.16 Å². The van der Waals surface area contributed by atoms with Crippen LogP contribution < -0.4 is 5.32 Å². The first-order valence-corrected chi connectivity index (χ1v) is 12.6. The van der Waals surface area contributed by atoms with E-state index in [2.05, 4.69) is 42.8 Å². The van der Waals surface area contributed by atoms with Crippen LogP contribution in [0.5, 0.6) is 0 Å². The second-order valence-corrected chi connectivity index (χ2v) is 10.2. The van der Waals surface area contributed by atoms with E-state index >= 15 is 0 Å². The van der Waals surface area contributed by atoms with Gasteiger partial charge in [0.2, 0.25) is 5.91 Å². The van der Waals surface area contributed by atoms with E-state index in [1.165, 1.54) is 24.6 Å². The van der Waals surface area contributed by atoms with Crippen molar-refractivity contribution in [2.45, 2.75) is 51.2 Å². The Kier molecular flexibility index (Phi) is 7.27. The molecule has 3 aromatic rings. The molecule has 0 radical (unpaired) electrons. The van der Waals surface area contributed by atoms with Crippen LogP contribution in [0, 0.1) is 18.8 Å². The molecule has 168 valence electrons. The fourth-order valence-electron chi connectivity index (χ4n) is 4.47. The van der Waals surface area contributed by atoms with E-state index in [0.29, 0.717) is 22.6 Å². The number of aryl methyl sites for hydroxylation is 1. The highest BCUT2D eigenvalue weighted by Gasteiger charge is 2.28. The van der Waals surface area contributed by atoms with Crippen molar-refractivity contribution in [1.29, 1.82) is 0 Å². The molecule has 1 aliphatic rings. The molecule has 1 N–H and O–H groups in total. The molecule has 4 rings (SSSR count). The number of nitrogens with zero attached hydrogens (tertiary/aromatic N) is 2. The largest absolute Gasteiger partial charge is 0.352 e. The standard InChI is InChI=1S/C26H30ClN3OS/c1-17-8-6-9-22(19(17)3)29-25(31)16-32-26-28-15-24(20-11-13-21(27)14-12-20)30(26)23-10-5-4-7-18(23)2/h4-5,7,10-15,17,19,22H,6,8-9,16H2,1-3H3,(H,29,31)/t17-,19+,22-/m1/s1. The molecule has 2 aromatic carbocycles. The number of benzene rings is 2. The minimum Gasteiger partial charge on any atom is -0.352 e. The first kappa shape index (κ1) is 22.9. The van der Waals surface area contributed by atoms with E-state index < -0.39 is 0 Å². The van der Waals surface area contributed by atoms with Crippen molar-refractivity contribution in [2.75, 3.05) is 5.75 Å². The van der Waals surface area contributed by atoms with Gasteiger partial charge >= 0.3 is 0 Å². The van der Waals surface area contributed by atoms with Crippen molar-refractivity contribution < 1.29 is 4.79 Å². The molecule has 0 unspecified atom stereocenters. The van der Waals surface area contributed by atoms with Crippen molar-refractivity contribution in [3.05, 3.63) is 65.3 Å². The van der Waals surface area contributed by atoms with Gasteiger partial charge in [0.05, 0.1) is 23.3 Å². The molecule has 1 fully saturated rings. The molecule has 0 saturated heterocycles. The van der Waals surface area contributed by atoms with Crippen LogP contribution in [-0.4, -0.2) is 27.3 Å². The zero-order valence-electron chi connectivity index (χ0n) is 18.8. The molecule has 0 spiro atoms. The molecule has 4 nitrogen and oxygen atoms in total. The van der Waals surface area contributed by atoms with E-state index in [-0.39, 0.29) is 11.9 Å². The van der Waals surface area contributed by atoms with Gasteiger partial charge in [-0.3, -0.25) is 9.36 Å². The van der Waals surface area contributed by atoms with Crippen LogP contribution in [0.2, 0.25) is 5.02 Å². The first-order valence-electron chi connectivity index (χ1n) is 11.3. The van der Waals surface area contributed by atoms with Gasteiger partial charge in [0, 0.05) is 16.6 Å². The van der Waals surface area contributed by atoms with E-state index in [9.17, 15) is 4.79 Å². The summed E-state index contributed by atoms with van der Waals surface area (Å²) in [6.45, 7) is 6.63. The summed E-state index contributed by atoms with van der Waals surface area (Å²) in [6.07, 6.45) is 5.39.